The zero-order chi connectivity index (χ0) is 8.97. The smallest absolute Gasteiger partial charge is 0.271 e. The minimum atomic E-state index is -0.186. The first kappa shape index (κ1) is 8.99. The highest BCUT2D eigenvalue weighted by atomic mass is 16.5. The van der Waals surface area contributed by atoms with E-state index in [9.17, 15) is 4.79 Å². The third-order valence-electron chi connectivity index (χ3n) is 1.84. The summed E-state index contributed by atoms with van der Waals surface area (Å²) < 4.78 is 4.82. The van der Waals surface area contributed by atoms with Crippen molar-refractivity contribution in [3.8, 4) is 0 Å². The number of oxime groups is 1. The molecular weight excluding hydrogens is 160 g/mol. The molecule has 68 valence electrons. The first-order valence-corrected chi connectivity index (χ1v) is 3.78. The number of carbonyl (C=O) groups is 1. The van der Waals surface area contributed by atoms with E-state index in [2.05, 4.69) is 5.16 Å². The zero-order valence-electron chi connectivity index (χ0n) is 6.99. The van der Waals surface area contributed by atoms with Crippen LogP contribution in [0.25, 0.3) is 0 Å². The molecule has 0 aromatic heterocycles. The van der Waals surface area contributed by atoms with E-state index in [0.717, 1.165) is 0 Å². The summed E-state index contributed by atoms with van der Waals surface area (Å²) in [6, 6.07) is 0. The fraction of sp³-hybridized carbons (Fsp3) is 0.714. The molecule has 0 saturated carbocycles. The fourth-order valence-electron chi connectivity index (χ4n) is 1.14. The van der Waals surface area contributed by atoms with Gasteiger partial charge in [-0.3, -0.25) is 4.79 Å². The first-order valence-electron chi connectivity index (χ1n) is 3.78. The highest BCUT2D eigenvalue weighted by molar-refractivity contribution is 6.40. The van der Waals surface area contributed by atoms with Crippen LogP contribution in [0.4, 0.5) is 0 Å². The summed E-state index contributed by atoms with van der Waals surface area (Å²) in [5.74, 6) is -0.186. The number of methoxy groups -OCH3 is 1. The summed E-state index contributed by atoms with van der Waals surface area (Å²) in [4.78, 5) is 12.8. The Bertz CT molecular complexity index is 203. The number of likely N-dealkylation sites (tertiary alicyclic amines) is 1. The lowest BCUT2D eigenvalue weighted by Gasteiger charge is -2.12. The van der Waals surface area contributed by atoms with Gasteiger partial charge in [-0.25, -0.2) is 0 Å². The Balaban J connectivity index is 2.44. The van der Waals surface area contributed by atoms with Crippen molar-refractivity contribution < 1.29 is 14.7 Å². The van der Waals surface area contributed by atoms with E-state index in [4.69, 9.17) is 9.94 Å². The second-order valence-corrected chi connectivity index (χ2v) is 2.58. The van der Waals surface area contributed by atoms with Gasteiger partial charge in [-0.1, -0.05) is 5.16 Å². The molecule has 1 fully saturated rings. The summed E-state index contributed by atoms with van der Waals surface area (Å²) in [7, 11) is 1.58. The van der Waals surface area contributed by atoms with Crippen molar-refractivity contribution in [1.29, 1.82) is 0 Å². The van der Waals surface area contributed by atoms with Gasteiger partial charge in [0.1, 0.15) is 5.71 Å². The molecule has 0 bridgehead atoms. The average Bonchev–Trinajstić information content (AvgIpc) is 2.43. The Hall–Kier alpha value is -1.10. The molecule has 0 aliphatic carbocycles. The Morgan fingerprint density at radius 3 is 3.00 bits per heavy atom. The Labute approximate surface area is 70.6 Å². The van der Waals surface area contributed by atoms with Gasteiger partial charge in [-0.2, -0.15) is 0 Å². The Kier molecular flexibility index (Phi) is 3.04. The molecule has 1 saturated heterocycles. The van der Waals surface area contributed by atoms with Crippen molar-refractivity contribution in [2.24, 2.45) is 5.16 Å². The summed E-state index contributed by atoms with van der Waals surface area (Å²) in [5.41, 5.74) is 0.242. The van der Waals surface area contributed by atoms with Crippen LogP contribution in [-0.4, -0.2) is 48.5 Å². The molecule has 1 amide bonds. The largest absolute Gasteiger partial charge is 0.410 e. The second-order valence-electron chi connectivity index (χ2n) is 2.58. The van der Waals surface area contributed by atoms with Gasteiger partial charge in [0, 0.05) is 26.6 Å². The molecule has 0 radical (unpaired) electrons. The highest BCUT2D eigenvalue weighted by Gasteiger charge is 2.27. The number of rotatable bonds is 3. The van der Waals surface area contributed by atoms with E-state index in [-0.39, 0.29) is 11.6 Å². The summed E-state index contributed by atoms with van der Waals surface area (Å²) in [6.07, 6.45) is 0.527. The van der Waals surface area contributed by atoms with Crippen LogP contribution < -0.4 is 0 Å². The maximum atomic E-state index is 11.2. The molecular formula is C7H12N2O3. The minimum absolute atomic E-state index is 0.186. The normalized spacial score (nSPS) is 20.9. The first-order chi connectivity index (χ1) is 5.79. The van der Waals surface area contributed by atoms with Crippen LogP contribution in [0, 0.1) is 0 Å². The third-order valence-corrected chi connectivity index (χ3v) is 1.84. The molecule has 0 atom stereocenters. The molecule has 5 heteroatoms. The number of hydrogen-bond donors (Lipinski definition) is 1. The number of amides is 1. The van der Waals surface area contributed by atoms with E-state index < -0.39 is 0 Å². The fourth-order valence-corrected chi connectivity index (χ4v) is 1.14. The van der Waals surface area contributed by atoms with Crippen LogP contribution in [0.1, 0.15) is 6.42 Å². The summed E-state index contributed by atoms with van der Waals surface area (Å²) in [5, 5.41) is 11.3. The van der Waals surface area contributed by atoms with Gasteiger partial charge in [0.05, 0.1) is 6.61 Å². The number of carbonyl (C=O) groups excluding carboxylic acids is 1. The highest BCUT2D eigenvalue weighted by Crippen LogP contribution is 2.06. The van der Waals surface area contributed by atoms with E-state index in [1.165, 1.54) is 0 Å². The van der Waals surface area contributed by atoms with E-state index in [0.29, 0.717) is 26.1 Å². The molecule has 1 rings (SSSR count). The average molecular weight is 172 g/mol. The van der Waals surface area contributed by atoms with Gasteiger partial charge in [0.15, 0.2) is 0 Å². The van der Waals surface area contributed by atoms with Crippen LogP contribution in [0.3, 0.4) is 0 Å². The van der Waals surface area contributed by atoms with Crippen LogP contribution in [0.2, 0.25) is 0 Å². The standard InChI is InChI=1S/C7H12N2O3/c1-12-5-4-9-3-2-6(8-11)7(9)10/h11H,2-5H2,1H3/b8-6+. The zero-order valence-corrected chi connectivity index (χ0v) is 6.99. The van der Waals surface area contributed by atoms with Crippen molar-refractivity contribution >= 4 is 11.6 Å². The van der Waals surface area contributed by atoms with E-state index >= 15 is 0 Å². The van der Waals surface area contributed by atoms with Gasteiger partial charge < -0.3 is 14.8 Å². The number of ether oxygens (including phenoxy) is 1. The van der Waals surface area contributed by atoms with Crippen LogP contribution >= 0.6 is 0 Å². The van der Waals surface area contributed by atoms with Crippen molar-refractivity contribution in [2.75, 3.05) is 26.8 Å². The SMILES string of the molecule is COCCN1CC/C(=N\O)C1=O. The van der Waals surface area contributed by atoms with E-state index in [1.54, 1.807) is 12.0 Å². The maximum absolute atomic E-state index is 11.2. The molecule has 1 aliphatic rings. The van der Waals surface area contributed by atoms with Crippen molar-refractivity contribution in [3.05, 3.63) is 0 Å². The lowest BCUT2D eigenvalue weighted by Crippen LogP contribution is -2.30. The number of nitrogens with zero attached hydrogens (tertiary/aromatic N) is 2. The van der Waals surface area contributed by atoms with Crippen molar-refractivity contribution in [1.82, 2.24) is 4.90 Å². The Morgan fingerprint density at radius 2 is 2.50 bits per heavy atom. The monoisotopic (exact) mass is 172 g/mol. The molecule has 0 aromatic rings. The van der Waals surface area contributed by atoms with Crippen molar-refractivity contribution in [2.45, 2.75) is 6.42 Å². The molecule has 0 unspecified atom stereocenters. The molecule has 1 N–H and O–H groups in total. The molecule has 1 heterocycles. The summed E-state index contributed by atoms with van der Waals surface area (Å²) >= 11 is 0. The van der Waals surface area contributed by atoms with E-state index in [1.807, 2.05) is 0 Å². The van der Waals surface area contributed by atoms with Crippen LogP contribution in [0.15, 0.2) is 5.16 Å². The van der Waals surface area contributed by atoms with Crippen LogP contribution in [-0.2, 0) is 9.53 Å². The van der Waals surface area contributed by atoms with Crippen molar-refractivity contribution in [3.63, 3.8) is 0 Å². The van der Waals surface area contributed by atoms with Gasteiger partial charge in [-0.15, -0.1) is 0 Å². The topological polar surface area (TPSA) is 62.1 Å². The predicted octanol–water partition coefficient (Wildman–Crippen LogP) is -0.305. The van der Waals surface area contributed by atoms with Crippen LogP contribution in [0.5, 0.6) is 0 Å². The Morgan fingerprint density at radius 1 is 1.75 bits per heavy atom. The third kappa shape index (κ3) is 1.73. The predicted molar refractivity (Wildman–Crippen MR) is 42.3 cm³/mol. The molecule has 0 spiro atoms. The lowest BCUT2D eigenvalue weighted by atomic mass is 10.3. The molecule has 0 aromatic carbocycles. The quantitative estimate of drug-likeness (QED) is 0.469. The minimum Gasteiger partial charge on any atom is -0.410 e. The van der Waals surface area contributed by atoms with Gasteiger partial charge in [0.2, 0.25) is 0 Å². The molecule has 5 nitrogen and oxygen atoms in total. The van der Waals surface area contributed by atoms with Gasteiger partial charge in [-0.05, 0) is 0 Å². The number of hydrogen-bond acceptors (Lipinski definition) is 4. The van der Waals surface area contributed by atoms with Gasteiger partial charge in [0.25, 0.3) is 5.91 Å². The maximum Gasteiger partial charge on any atom is 0.271 e. The molecule has 1 aliphatic heterocycles. The molecule has 12 heavy (non-hydrogen) atoms. The lowest BCUT2D eigenvalue weighted by molar-refractivity contribution is -0.123. The van der Waals surface area contributed by atoms with Gasteiger partial charge >= 0.3 is 0 Å². The second kappa shape index (κ2) is 4.06. The summed E-state index contributed by atoms with van der Waals surface area (Å²) in [6.45, 7) is 1.71.